The molecule has 0 amide bonds. The van der Waals surface area contributed by atoms with Crippen LogP contribution in [0.2, 0.25) is 0 Å². The third-order valence-corrected chi connectivity index (χ3v) is 4.15. The van der Waals surface area contributed by atoms with Crippen LogP contribution in [0.1, 0.15) is 18.4 Å². The van der Waals surface area contributed by atoms with Crippen molar-refractivity contribution in [2.24, 2.45) is 0 Å². The minimum absolute atomic E-state index is 0.00369. The Morgan fingerprint density at radius 3 is 2.58 bits per heavy atom. The molecule has 0 unspecified atom stereocenters. The average molecular weight is 357 g/mol. The molecule has 1 aliphatic carbocycles. The Morgan fingerprint density at radius 2 is 1.92 bits per heavy atom. The van der Waals surface area contributed by atoms with Crippen LogP contribution in [-0.4, -0.2) is 32.4 Å². The highest BCUT2D eigenvalue weighted by molar-refractivity contribution is 5.51. The molecule has 2 aromatic heterocycles. The fraction of sp³-hybridized carbons (Fsp3) is 0.278. The number of halogens is 1. The normalized spacial score (nSPS) is 19.0. The maximum absolute atomic E-state index is 13.3. The molecule has 0 atom stereocenters. The van der Waals surface area contributed by atoms with E-state index in [0.717, 1.165) is 12.8 Å². The molecule has 26 heavy (non-hydrogen) atoms. The number of aromatic hydroxyl groups is 1. The number of aryl methyl sites for hydroxylation is 1. The highest BCUT2D eigenvalue weighted by atomic mass is 19.1. The minimum atomic E-state index is -0.241. The van der Waals surface area contributed by atoms with Gasteiger partial charge in [-0.2, -0.15) is 0 Å². The lowest BCUT2D eigenvalue weighted by atomic mass is 9.92. The molecular formula is C18H16FN3O4. The average Bonchev–Trinajstić information content (AvgIpc) is 3.03. The maximum Gasteiger partial charge on any atom is 0.252 e. The van der Waals surface area contributed by atoms with Gasteiger partial charge in [0.1, 0.15) is 29.5 Å². The molecule has 1 aliphatic rings. The summed E-state index contributed by atoms with van der Waals surface area (Å²) in [7, 11) is 0. The molecule has 4 rings (SSSR count). The van der Waals surface area contributed by atoms with E-state index in [2.05, 4.69) is 15.1 Å². The third kappa shape index (κ3) is 3.44. The molecule has 8 heteroatoms. The van der Waals surface area contributed by atoms with Crippen LogP contribution in [0, 0.1) is 12.7 Å². The molecule has 0 spiro atoms. The van der Waals surface area contributed by atoms with Gasteiger partial charge in [-0.05, 0) is 35.8 Å². The fourth-order valence-electron chi connectivity index (χ4n) is 2.65. The van der Waals surface area contributed by atoms with E-state index in [-0.39, 0.29) is 23.9 Å². The summed E-state index contributed by atoms with van der Waals surface area (Å²) in [5.74, 6) is 0.937. The van der Waals surface area contributed by atoms with Crippen LogP contribution in [0.5, 0.6) is 17.5 Å². The molecule has 3 aromatic rings. The zero-order valence-electron chi connectivity index (χ0n) is 13.9. The van der Waals surface area contributed by atoms with Crippen molar-refractivity contribution < 1.29 is 23.5 Å². The van der Waals surface area contributed by atoms with Crippen LogP contribution in [0.3, 0.4) is 0 Å². The third-order valence-electron chi connectivity index (χ3n) is 4.15. The minimum Gasteiger partial charge on any atom is -0.491 e. The number of rotatable bonds is 5. The fourth-order valence-corrected chi connectivity index (χ4v) is 2.65. The van der Waals surface area contributed by atoms with E-state index in [1.165, 1.54) is 24.5 Å². The second-order valence-corrected chi connectivity index (χ2v) is 6.15. The van der Waals surface area contributed by atoms with Crippen LogP contribution >= 0.6 is 0 Å². The summed E-state index contributed by atoms with van der Waals surface area (Å²) in [5, 5.41) is 12.6. The van der Waals surface area contributed by atoms with Gasteiger partial charge in [0.25, 0.3) is 5.88 Å². The van der Waals surface area contributed by atoms with E-state index in [0.29, 0.717) is 28.6 Å². The summed E-state index contributed by atoms with van der Waals surface area (Å²) >= 11 is 0. The van der Waals surface area contributed by atoms with Crippen molar-refractivity contribution in [3.63, 3.8) is 0 Å². The summed E-state index contributed by atoms with van der Waals surface area (Å²) < 4.78 is 29.7. The van der Waals surface area contributed by atoms with Gasteiger partial charge in [0, 0.05) is 12.8 Å². The molecule has 0 aliphatic heterocycles. The van der Waals surface area contributed by atoms with E-state index < -0.39 is 0 Å². The molecule has 134 valence electrons. The van der Waals surface area contributed by atoms with E-state index in [1.54, 1.807) is 19.1 Å². The van der Waals surface area contributed by atoms with E-state index >= 15 is 0 Å². The van der Waals surface area contributed by atoms with Crippen molar-refractivity contribution in [1.29, 1.82) is 0 Å². The van der Waals surface area contributed by atoms with Crippen LogP contribution < -0.4 is 9.47 Å². The van der Waals surface area contributed by atoms with Crippen LogP contribution in [0.25, 0.3) is 11.5 Å². The Balaban J connectivity index is 1.29. The monoisotopic (exact) mass is 357 g/mol. The molecule has 1 N–H and O–H groups in total. The number of nitrogens with zero attached hydrogens (tertiary/aromatic N) is 3. The summed E-state index contributed by atoms with van der Waals surface area (Å²) in [6.45, 7) is 1.71. The molecular weight excluding hydrogens is 341 g/mol. The van der Waals surface area contributed by atoms with Crippen molar-refractivity contribution in [3.8, 4) is 29.0 Å². The largest absolute Gasteiger partial charge is 0.491 e. The number of hydrogen-bond donors (Lipinski definition) is 1. The first-order valence-corrected chi connectivity index (χ1v) is 8.14. The Morgan fingerprint density at radius 1 is 1.12 bits per heavy atom. The van der Waals surface area contributed by atoms with Gasteiger partial charge < -0.3 is 19.1 Å². The zero-order chi connectivity index (χ0) is 18.1. The molecule has 0 bridgehead atoms. The van der Waals surface area contributed by atoms with E-state index in [1.807, 2.05) is 0 Å². The van der Waals surface area contributed by atoms with Crippen LogP contribution in [0.15, 0.2) is 41.2 Å². The lowest BCUT2D eigenvalue weighted by Gasteiger charge is -2.34. The van der Waals surface area contributed by atoms with Gasteiger partial charge in [0.2, 0.25) is 5.88 Å². The van der Waals surface area contributed by atoms with Gasteiger partial charge in [0.05, 0.1) is 18.5 Å². The number of aromatic nitrogens is 3. The molecule has 1 saturated carbocycles. The predicted molar refractivity (Wildman–Crippen MR) is 88.4 cm³/mol. The predicted octanol–water partition coefficient (Wildman–Crippen LogP) is 3.27. The first kappa shape index (κ1) is 16.3. The van der Waals surface area contributed by atoms with E-state index in [9.17, 15) is 9.50 Å². The lowest BCUT2D eigenvalue weighted by Crippen LogP contribution is -2.41. The summed E-state index contributed by atoms with van der Waals surface area (Å²) in [4.78, 5) is 8.36. The second-order valence-electron chi connectivity index (χ2n) is 6.15. The number of ether oxygens (including phenoxy) is 2. The van der Waals surface area contributed by atoms with Crippen molar-refractivity contribution in [2.45, 2.75) is 32.0 Å². The second kappa shape index (κ2) is 6.62. The highest BCUT2D eigenvalue weighted by Crippen LogP contribution is 2.30. The van der Waals surface area contributed by atoms with Gasteiger partial charge >= 0.3 is 0 Å². The van der Waals surface area contributed by atoms with Crippen LogP contribution in [-0.2, 0) is 0 Å². The topological polar surface area (TPSA) is 90.5 Å². The smallest absolute Gasteiger partial charge is 0.252 e. The van der Waals surface area contributed by atoms with Gasteiger partial charge in [-0.1, -0.05) is 0 Å². The molecule has 7 nitrogen and oxygen atoms in total. The Kier molecular flexibility index (Phi) is 4.16. The van der Waals surface area contributed by atoms with E-state index in [4.69, 9.17) is 14.0 Å². The first-order chi connectivity index (χ1) is 12.6. The van der Waals surface area contributed by atoms with Gasteiger partial charge in [-0.15, -0.1) is 0 Å². The molecule has 0 saturated heterocycles. The van der Waals surface area contributed by atoms with Crippen molar-refractivity contribution in [1.82, 2.24) is 15.1 Å². The molecule has 2 heterocycles. The SMILES string of the molecule is Cc1cc(O[C@H]2C[C@@H](Oc3cnc(-c4cc(O)no4)cn3)C2)ccc1F. The maximum atomic E-state index is 13.3. The van der Waals surface area contributed by atoms with Gasteiger partial charge in [-0.25, -0.2) is 14.4 Å². The molecule has 1 aromatic carbocycles. The number of hydrogen-bond acceptors (Lipinski definition) is 7. The van der Waals surface area contributed by atoms with Crippen molar-refractivity contribution in [2.75, 3.05) is 0 Å². The quantitative estimate of drug-likeness (QED) is 0.749. The standard InChI is InChI=1S/C18H16FN3O4/c1-10-4-11(2-3-14(10)19)24-12-5-13(6-12)25-18-9-20-15(8-21-18)16-7-17(23)22-26-16/h2-4,7-9,12-13H,5-6H2,1H3,(H,22,23)/t12-,13+. The van der Waals surface area contributed by atoms with Crippen molar-refractivity contribution in [3.05, 3.63) is 48.0 Å². The van der Waals surface area contributed by atoms with Gasteiger partial charge in [0.15, 0.2) is 5.76 Å². The Labute approximate surface area is 148 Å². The summed E-state index contributed by atoms with van der Waals surface area (Å²) in [6.07, 6.45) is 4.45. The zero-order valence-corrected chi connectivity index (χ0v) is 13.9. The first-order valence-electron chi connectivity index (χ1n) is 8.14. The Hall–Kier alpha value is -3.16. The summed E-state index contributed by atoms with van der Waals surface area (Å²) in [6, 6.07) is 6.08. The van der Waals surface area contributed by atoms with Crippen LogP contribution in [0.4, 0.5) is 4.39 Å². The number of benzene rings is 1. The molecule has 1 fully saturated rings. The van der Waals surface area contributed by atoms with Gasteiger partial charge in [-0.3, -0.25) is 0 Å². The summed E-state index contributed by atoms with van der Waals surface area (Å²) in [5.41, 5.74) is 1.01. The van der Waals surface area contributed by atoms with Crippen molar-refractivity contribution >= 4 is 0 Å². The lowest BCUT2D eigenvalue weighted by molar-refractivity contribution is 0.00200. The highest BCUT2D eigenvalue weighted by Gasteiger charge is 2.33. The Bertz CT molecular complexity index is 907. The molecule has 0 radical (unpaired) electrons.